The van der Waals surface area contributed by atoms with E-state index in [0.717, 1.165) is 43.4 Å². The minimum Gasteiger partial charge on any atom is -0.383 e. The Morgan fingerprint density at radius 3 is 2.93 bits per heavy atom. The molecule has 2 aromatic rings. The molecule has 0 spiro atoms. The molecule has 1 amide bonds. The third-order valence-electron chi connectivity index (χ3n) is 4.72. The molecule has 3 N–H and O–H groups in total. The number of hydrogen-bond donors (Lipinski definition) is 3. The zero-order valence-electron chi connectivity index (χ0n) is 16.3. The van der Waals surface area contributed by atoms with E-state index in [1.165, 1.54) is 0 Å². The lowest BCUT2D eigenvalue weighted by molar-refractivity contribution is 0.0937. The van der Waals surface area contributed by atoms with Gasteiger partial charge in [0.1, 0.15) is 23.8 Å². The lowest BCUT2D eigenvalue weighted by atomic mass is 10.2. The minimum absolute atomic E-state index is 0.151. The predicted molar refractivity (Wildman–Crippen MR) is 109 cm³/mol. The Morgan fingerprint density at radius 2 is 2.18 bits per heavy atom. The number of methoxy groups -OCH3 is 1. The quantitative estimate of drug-likeness (QED) is 0.556. The maximum Gasteiger partial charge on any atom is 0.252 e. The van der Waals surface area contributed by atoms with E-state index < -0.39 is 0 Å². The number of hydrogen-bond acceptors (Lipinski definition) is 8. The van der Waals surface area contributed by atoms with E-state index in [1.54, 1.807) is 25.7 Å². The van der Waals surface area contributed by atoms with Crippen molar-refractivity contribution >= 4 is 23.4 Å². The van der Waals surface area contributed by atoms with Crippen molar-refractivity contribution in [2.45, 2.75) is 18.9 Å². The van der Waals surface area contributed by atoms with E-state index in [2.05, 4.69) is 35.8 Å². The summed E-state index contributed by atoms with van der Waals surface area (Å²) in [6.07, 6.45) is 5.38. The van der Waals surface area contributed by atoms with Gasteiger partial charge in [0.25, 0.3) is 5.91 Å². The van der Waals surface area contributed by atoms with Crippen LogP contribution in [-0.4, -0.2) is 67.3 Å². The number of carbonyl (C=O) groups is 1. The first-order chi connectivity index (χ1) is 13.7. The summed E-state index contributed by atoms with van der Waals surface area (Å²) in [5.74, 6) is 2.34. The Morgan fingerprint density at radius 1 is 1.29 bits per heavy atom. The molecule has 9 nitrogen and oxygen atoms in total. The van der Waals surface area contributed by atoms with Crippen LogP contribution in [0.15, 0.2) is 30.7 Å². The molecule has 1 aliphatic heterocycles. The number of carbonyl (C=O) groups excluding carboxylic acids is 1. The van der Waals surface area contributed by atoms with Crippen LogP contribution in [0, 0.1) is 0 Å². The van der Waals surface area contributed by atoms with Gasteiger partial charge < -0.3 is 25.6 Å². The van der Waals surface area contributed by atoms with Gasteiger partial charge >= 0.3 is 0 Å². The van der Waals surface area contributed by atoms with Crippen molar-refractivity contribution in [3.8, 4) is 0 Å². The Kier molecular flexibility index (Phi) is 6.96. The minimum atomic E-state index is -0.151. The average molecular weight is 385 g/mol. The highest BCUT2D eigenvalue weighted by Gasteiger charge is 2.25. The molecule has 0 aromatic carbocycles. The van der Waals surface area contributed by atoms with Crippen molar-refractivity contribution in [1.29, 1.82) is 0 Å². The van der Waals surface area contributed by atoms with Crippen molar-refractivity contribution < 1.29 is 9.53 Å². The van der Waals surface area contributed by atoms with Gasteiger partial charge in [0, 0.05) is 52.1 Å². The first-order valence-electron chi connectivity index (χ1n) is 9.44. The molecule has 3 rings (SSSR count). The van der Waals surface area contributed by atoms with E-state index in [-0.39, 0.29) is 5.91 Å². The fourth-order valence-corrected chi connectivity index (χ4v) is 3.21. The number of amides is 1. The first kappa shape index (κ1) is 19.8. The third kappa shape index (κ3) is 5.07. The van der Waals surface area contributed by atoms with Crippen molar-refractivity contribution in [2.75, 3.05) is 55.9 Å². The monoisotopic (exact) mass is 385 g/mol. The number of ether oxygens (including phenoxy) is 1. The molecule has 9 heteroatoms. The van der Waals surface area contributed by atoms with Crippen LogP contribution in [0.1, 0.15) is 23.2 Å². The van der Waals surface area contributed by atoms with Crippen molar-refractivity contribution in [2.24, 2.45) is 0 Å². The van der Waals surface area contributed by atoms with E-state index >= 15 is 0 Å². The Balaban J connectivity index is 1.55. The summed E-state index contributed by atoms with van der Waals surface area (Å²) in [5.41, 5.74) is 0.532. The molecule has 0 radical (unpaired) electrons. The topological polar surface area (TPSA) is 104 Å². The van der Waals surface area contributed by atoms with Gasteiger partial charge in [0.15, 0.2) is 0 Å². The largest absolute Gasteiger partial charge is 0.383 e. The highest BCUT2D eigenvalue weighted by Crippen LogP contribution is 2.25. The standard InChI is InChI=1S/C19H27N7O2/c1-20-17-10-18(25-13-24-17)26-8-3-4-15(26)12-23-16-6-5-14(11-22-16)19(27)21-7-9-28-2/h5-6,10-11,13,15H,3-4,7-9,12H2,1-2H3,(H,21,27)(H,22,23)(H,20,24,25). The number of nitrogens with one attached hydrogen (secondary N) is 3. The Labute approximate surface area is 164 Å². The van der Waals surface area contributed by atoms with Crippen molar-refractivity contribution in [1.82, 2.24) is 20.3 Å². The summed E-state index contributed by atoms with van der Waals surface area (Å²) < 4.78 is 4.93. The van der Waals surface area contributed by atoms with Gasteiger partial charge in [0.05, 0.1) is 12.2 Å². The molecule has 0 bridgehead atoms. The second-order valence-corrected chi connectivity index (χ2v) is 6.56. The summed E-state index contributed by atoms with van der Waals surface area (Å²) >= 11 is 0. The molecule has 1 unspecified atom stereocenters. The number of rotatable bonds is 9. The number of pyridine rings is 1. The average Bonchev–Trinajstić information content (AvgIpc) is 3.21. The van der Waals surface area contributed by atoms with Gasteiger partial charge in [-0.1, -0.05) is 0 Å². The molecule has 0 saturated carbocycles. The van der Waals surface area contributed by atoms with Crippen LogP contribution in [0.25, 0.3) is 0 Å². The van der Waals surface area contributed by atoms with Crippen LogP contribution >= 0.6 is 0 Å². The number of anilines is 3. The molecule has 0 aliphatic carbocycles. The highest BCUT2D eigenvalue weighted by atomic mass is 16.5. The van der Waals surface area contributed by atoms with Crippen molar-refractivity contribution in [3.05, 3.63) is 36.3 Å². The summed E-state index contributed by atoms with van der Waals surface area (Å²) in [4.78, 5) is 27.2. The summed E-state index contributed by atoms with van der Waals surface area (Å²) in [7, 11) is 3.45. The molecular weight excluding hydrogens is 358 g/mol. The fourth-order valence-electron chi connectivity index (χ4n) is 3.21. The Bertz CT molecular complexity index is 769. The van der Waals surface area contributed by atoms with Gasteiger partial charge in [-0.15, -0.1) is 0 Å². The summed E-state index contributed by atoms with van der Waals surface area (Å²) in [5, 5.41) is 9.20. The van der Waals surface area contributed by atoms with E-state index in [9.17, 15) is 4.79 Å². The fraction of sp³-hybridized carbons (Fsp3) is 0.474. The number of aromatic nitrogens is 3. The molecule has 28 heavy (non-hydrogen) atoms. The van der Waals surface area contributed by atoms with E-state index in [4.69, 9.17) is 4.74 Å². The van der Waals surface area contributed by atoms with Crippen molar-refractivity contribution in [3.63, 3.8) is 0 Å². The van der Waals surface area contributed by atoms with Gasteiger partial charge in [-0.3, -0.25) is 4.79 Å². The molecule has 1 fully saturated rings. The maximum absolute atomic E-state index is 12.0. The van der Waals surface area contributed by atoms with Crippen LogP contribution in [-0.2, 0) is 4.74 Å². The smallest absolute Gasteiger partial charge is 0.252 e. The van der Waals surface area contributed by atoms with Gasteiger partial charge in [-0.25, -0.2) is 15.0 Å². The van der Waals surface area contributed by atoms with Crippen LogP contribution in [0.2, 0.25) is 0 Å². The van der Waals surface area contributed by atoms with E-state index in [1.807, 2.05) is 19.2 Å². The second-order valence-electron chi connectivity index (χ2n) is 6.56. The van der Waals surface area contributed by atoms with Crippen LogP contribution in [0.4, 0.5) is 17.5 Å². The lowest BCUT2D eigenvalue weighted by Gasteiger charge is -2.26. The summed E-state index contributed by atoms with van der Waals surface area (Å²) in [6.45, 7) is 2.69. The van der Waals surface area contributed by atoms with Crippen LogP contribution in [0.5, 0.6) is 0 Å². The van der Waals surface area contributed by atoms with Gasteiger partial charge in [0.2, 0.25) is 0 Å². The molecule has 1 saturated heterocycles. The highest BCUT2D eigenvalue weighted by molar-refractivity contribution is 5.94. The SMILES string of the molecule is CNc1cc(N2CCCC2CNc2ccc(C(=O)NCCOC)cn2)ncn1. The molecule has 1 atom stereocenters. The molecule has 3 heterocycles. The maximum atomic E-state index is 12.0. The molecule has 2 aromatic heterocycles. The van der Waals surface area contributed by atoms with Crippen LogP contribution < -0.4 is 20.9 Å². The lowest BCUT2D eigenvalue weighted by Crippen LogP contribution is -2.35. The normalized spacial score (nSPS) is 16.1. The van der Waals surface area contributed by atoms with Crippen LogP contribution in [0.3, 0.4) is 0 Å². The number of nitrogens with zero attached hydrogens (tertiary/aromatic N) is 4. The first-order valence-corrected chi connectivity index (χ1v) is 9.44. The van der Waals surface area contributed by atoms with Gasteiger partial charge in [-0.2, -0.15) is 0 Å². The van der Waals surface area contributed by atoms with E-state index in [0.29, 0.717) is 24.8 Å². The third-order valence-corrected chi connectivity index (χ3v) is 4.72. The molecule has 1 aliphatic rings. The molecular formula is C19H27N7O2. The summed E-state index contributed by atoms with van der Waals surface area (Å²) in [6, 6.07) is 5.90. The Hall–Kier alpha value is -2.94. The zero-order chi connectivity index (χ0) is 19.8. The molecule has 150 valence electrons. The zero-order valence-corrected chi connectivity index (χ0v) is 16.3. The second kappa shape index (κ2) is 9.84. The van der Waals surface area contributed by atoms with Gasteiger partial charge in [-0.05, 0) is 25.0 Å². The predicted octanol–water partition coefficient (Wildman–Crippen LogP) is 1.37.